The lowest BCUT2D eigenvalue weighted by Gasteiger charge is -2.27. The molecule has 2 heteroatoms. The average Bonchev–Trinajstić information content (AvgIpc) is 2.01. The van der Waals surface area contributed by atoms with E-state index in [1.54, 1.807) is 0 Å². The summed E-state index contributed by atoms with van der Waals surface area (Å²) in [5.74, 6) is 0.801. The highest BCUT2D eigenvalue weighted by Gasteiger charge is 2.32. The summed E-state index contributed by atoms with van der Waals surface area (Å²) in [6.07, 6.45) is 0.779. The molecule has 0 saturated heterocycles. The topological polar surface area (TPSA) is 37.3 Å². The fourth-order valence-electron chi connectivity index (χ4n) is 1.99. The van der Waals surface area contributed by atoms with E-state index in [0.717, 1.165) is 6.42 Å². The van der Waals surface area contributed by atoms with Crippen LogP contribution < -0.4 is 0 Å². The summed E-state index contributed by atoms with van der Waals surface area (Å²) in [4.78, 5) is 11.7. The first-order valence-electron chi connectivity index (χ1n) is 4.92. The van der Waals surface area contributed by atoms with Gasteiger partial charge in [-0.1, -0.05) is 27.7 Å². The third-order valence-corrected chi connectivity index (χ3v) is 2.74. The minimum Gasteiger partial charge on any atom is -0.512 e. The average molecular weight is 182 g/mol. The van der Waals surface area contributed by atoms with E-state index in [9.17, 15) is 9.90 Å². The molecule has 13 heavy (non-hydrogen) atoms. The lowest BCUT2D eigenvalue weighted by atomic mass is 9.78. The Balaban J connectivity index is 3.08. The van der Waals surface area contributed by atoms with E-state index in [1.807, 2.05) is 27.7 Å². The van der Waals surface area contributed by atoms with Crippen molar-refractivity contribution in [1.29, 1.82) is 0 Å². The monoisotopic (exact) mass is 182 g/mol. The Kier molecular flexibility index (Phi) is 2.79. The highest BCUT2D eigenvalue weighted by Crippen LogP contribution is 2.33. The van der Waals surface area contributed by atoms with Crippen LogP contribution in [0, 0.1) is 17.8 Å². The molecule has 0 saturated carbocycles. The molecule has 2 unspecified atom stereocenters. The summed E-state index contributed by atoms with van der Waals surface area (Å²) in [6, 6.07) is 0. The Morgan fingerprint density at radius 1 is 1.31 bits per heavy atom. The zero-order valence-electron chi connectivity index (χ0n) is 8.79. The SMILES string of the molecule is CC(C)C1=C(O)C(C)CC(C)C1=O. The molecule has 74 valence electrons. The quantitative estimate of drug-likeness (QED) is 0.677. The molecule has 0 amide bonds. The number of hydrogen-bond acceptors (Lipinski definition) is 2. The minimum atomic E-state index is 0.0725. The van der Waals surface area contributed by atoms with Crippen LogP contribution in [0.5, 0.6) is 0 Å². The van der Waals surface area contributed by atoms with Gasteiger partial charge >= 0.3 is 0 Å². The maximum atomic E-state index is 11.7. The highest BCUT2D eigenvalue weighted by atomic mass is 16.3. The number of aliphatic hydroxyl groups is 1. The molecule has 2 atom stereocenters. The summed E-state index contributed by atoms with van der Waals surface area (Å²) in [7, 11) is 0. The number of ketones is 1. The zero-order valence-corrected chi connectivity index (χ0v) is 8.79. The lowest BCUT2D eigenvalue weighted by molar-refractivity contribution is -0.120. The first-order valence-corrected chi connectivity index (χ1v) is 4.92. The summed E-state index contributed by atoms with van der Waals surface area (Å²) in [5, 5.41) is 9.75. The van der Waals surface area contributed by atoms with E-state index in [-0.39, 0.29) is 23.5 Å². The van der Waals surface area contributed by atoms with Crippen molar-refractivity contribution in [2.45, 2.75) is 34.1 Å². The largest absolute Gasteiger partial charge is 0.512 e. The molecule has 0 aromatic rings. The van der Waals surface area contributed by atoms with Gasteiger partial charge in [0.05, 0.1) is 0 Å². The van der Waals surface area contributed by atoms with Crippen molar-refractivity contribution in [2.24, 2.45) is 17.8 Å². The van der Waals surface area contributed by atoms with Gasteiger partial charge in [-0.15, -0.1) is 0 Å². The van der Waals surface area contributed by atoms with Crippen molar-refractivity contribution in [2.75, 3.05) is 0 Å². The Hall–Kier alpha value is -0.790. The normalized spacial score (nSPS) is 30.1. The fraction of sp³-hybridized carbons (Fsp3) is 0.727. The van der Waals surface area contributed by atoms with Crippen LogP contribution in [0.2, 0.25) is 0 Å². The maximum absolute atomic E-state index is 11.7. The van der Waals surface area contributed by atoms with Gasteiger partial charge in [-0.25, -0.2) is 0 Å². The summed E-state index contributed by atoms with van der Waals surface area (Å²) < 4.78 is 0. The molecule has 0 aromatic carbocycles. The Labute approximate surface area is 79.6 Å². The second-order valence-electron chi connectivity index (χ2n) is 4.36. The van der Waals surface area contributed by atoms with Crippen LogP contribution in [-0.4, -0.2) is 10.9 Å². The first-order chi connectivity index (χ1) is 5.95. The Bertz CT molecular complexity index is 251. The van der Waals surface area contributed by atoms with E-state index < -0.39 is 0 Å². The third-order valence-electron chi connectivity index (χ3n) is 2.74. The van der Waals surface area contributed by atoms with Crippen molar-refractivity contribution in [3.8, 4) is 0 Å². The van der Waals surface area contributed by atoms with E-state index in [0.29, 0.717) is 11.3 Å². The van der Waals surface area contributed by atoms with Gasteiger partial charge in [0.15, 0.2) is 5.78 Å². The van der Waals surface area contributed by atoms with E-state index in [2.05, 4.69) is 0 Å². The second-order valence-corrected chi connectivity index (χ2v) is 4.36. The molecule has 1 N–H and O–H groups in total. The van der Waals surface area contributed by atoms with Gasteiger partial charge in [0.1, 0.15) is 5.76 Å². The van der Waals surface area contributed by atoms with Crippen LogP contribution in [-0.2, 0) is 4.79 Å². The minimum absolute atomic E-state index is 0.0725. The summed E-state index contributed by atoms with van der Waals surface area (Å²) >= 11 is 0. The molecule has 0 fully saturated rings. The molecular formula is C11H18O2. The summed E-state index contributed by atoms with van der Waals surface area (Å²) in [5.41, 5.74) is 0.645. The molecule has 0 radical (unpaired) electrons. The first kappa shape index (κ1) is 10.3. The van der Waals surface area contributed by atoms with Gasteiger partial charge in [0.25, 0.3) is 0 Å². The molecule has 1 rings (SSSR count). The number of carbonyl (C=O) groups is 1. The predicted molar refractivity (Wildman–Crippen MR) is 52.4 cm³/mol. The van der Waals surface area contributed by atoms with Crippen molar-refractivity contribution < 1.29 is 9.90 Å². The van der Waals surface area contributed by atoms with Crippen LogP contribution in [0.4, 0.5) is 0 Å². The van der Waals surface area contributed by atoms with Crippen molar-refractivity contribution in [3.05, 3.63) is 11.3 Å². The molecule has 0 heterocycles. The van der Waals surface area contributed by atoms with Crippen LogP contribution in [0.3, 0.4) is 0 Å². The van der Waals surface area contributed by atoms with Gasteiger partial charge in [0, 0.05) is 17.4 Å². The fourth-order valence-corrected chi connectivity index (χ4v) is 1.99. The Morgan fingerprint density at radius 2 is 1.85 bits per heavy atom. The van der Waals surface area contributed by atoms with Crippen molar-refractivity contribution >= 4 is 5.78 Å². The van der Waals surface area contributed by atoms with Crippen molar-refractivity contribution in [3.63, 3.8) is 0 Å². The number of rotatable bonds is 1. The highest BCUT2D eigenvalue weighted by molar-refractivity contribution is 5.98. The smallest absolute Gasteiger partial charge is 0.165 e. The summed E-state index contributed by atoms with van der Waals surface area (Å²) in [6.45, 7) is 7.82. The molecule has 1 aliphatic rings. The van der Waals surface area contributed by atoms with Gasteiger partial charge in [-0.2, -0.15) is 0 Å². The van der Waals surface area contributed by atoms with Gasteiger partial charge in [0.2, 0.25) is 0 Å². The molecule has 0 aliphatic heterocycles. The number of Topliss-reactive ketones (excluding diaryl/α,β-unsaturated/α-hetero) is 1. The molecule has 2 nitrogen and oxygen atoms in total. The zero-order chi connectivity index (χ0) is 10.2. The predicted octanol–water partition coefficient (Wildman–Crippen LogP) is 2.70. The molecule has 1 aliphatic carbocycles. The standard InChI is InChI=1S/C11H18O2/c1-6(2)9-10(12)7(3)5-8(4)11(9)13/h6-8,12H,5H2,1-4H3. The van der Waals surface area contributed by atoms with Crippen LogP contribution in [0.25, 0.3) is 0 Å². The number of hydrogen-bond donors (Lipinski definition) is 1. The van der Waals surface area contributed by atoms with E-state index in [4.69, 9.17) is 0 Å². The number of aliphatic hydroxyl groups excluding tert-OH is 1. The van der Waals surface area contributed by atoms with Crippen molar-refractivity contribution in [1.82, 2.24) is 0 Å². The maximum Gasteiger partial charge on any atom is 0.165 e. The van der Waals surface area contributed by atoms with Crippen LogP contribution >= 0.6 is 0 Å². The van der Waals surface area contributed by atoms with Crippen LogP contribution in [0.15, 0.2) is 11.3 Å². The van der Waals surface area contributed by atoms with Gasteiger partial charge in [-0.05, 0) is 12.3 Å². The molecule has 0 aromatic heterocycles. The molecule has 0 bridgehead atoms. The van der Waals surface area contributed by atoms with E-state index >= 15 is 0 Å². The lowest BCUT2D eigenvalue weighted by Crippen LogP contribution is -2.27. The van der Waals surface area contributed by atoms with Crippen LogP contribution in [0.1, 0.15) is 34.1 Å². The molecular weight excluding hydrogens is 164 g/mol. The second kappa shape index (κ2) is 3.52. The number of allylic oxidation sites excluding steroid dienone is 2. The van der Waals surface area contributed by atoms with Gasteiger partial charge < -0.3 is 5.11 Å². The van der Waals surface area contributed by atoms with Gasteiger partial charge in [-0.3, -0.25) is 4.79 Å². The molecule has 0 spiro atoms. The number of carbonyl (C=O) groups excluding carboxylic acids is 1. The Morgan fingerprint density at radius 3 is 2.31 bits per heavy atom. The third kappa shape index (κ3) is 1.77. The van der Waals surface area contributed by atoms with E-state index in [1.165, 1.54) is 0 Å².